The van der Waals surface area contributed by atoms with Gasteiger partial charge in [-0.15, -0.1) is 0 Å². The molecule has 0 spiro atoms. The predicted molar refractivity (Wildman–Crippen MR) is 126 cm³/mol. The number of aliphatic hydroxyl groups excluding tert-OH is 1. The van der Waals surface area contributed by atoms with E-state index in [-0.39, 0.29) is 17.0 Å². The van der Waals surface area contributed by atoms with Crippen LogP contribution in [-0.2, 0) is 5.41 Å². The van der Waals surface area contributed by atoms with Crippen LogP contribution in [0.25, 0.3) is 0 Å². The van der Waals surface area contributed by atoms with Gasteiger partial charge in [0.1, 0.15) is 0 Å². The number of nitrogens with one attached hydrogen (secondary N) is 1. The Balaban J connectivity index is 1.02. The number of aromatic nitrogens is 3. The van der Waals surface area contributed by atoms with Gasteiger partial charge in [-0.3, -0.25) is 4.98 Å². The smallest absolute Gasteiger partial charge is 0.229 e. The summed E-state index contributed by atoms with van der Waals surface area (Å²) in [5.74, 6) is 2.55. The highest BCUT2D eigenvalue weighted by Crippen LogP contribution is 2.48. The molecule has 0 amide bonds. The van der Waals surface area contributed by atoms with E-state index in [9.17, 15) is 10.2 Å². The Bertz CT molecular complexity index is 1100. The highest BCUT2D eigenvalue weighted by atomic mass is 16.5. The van der Waals surface area contributed by atoms with Crippen molar-refractivity contribution in [1.29, 1.82) is 0 Å². The van der Waals surface area contributed by atoms with Gasteiger partial charge < -0.3 is 25.0 Å². The number of aliphatic hydroxyl groups is 2. The quantitative estimate of drug-likeness (QED) is 0.440. The third kappa shape index (κ3) is 4.33. The maximum Gasteiger partial charge on any atom is 0.229 e. The van der Waals surface area contributed by atoms with Crippen molar-refractivity contribution in [1.82, 2.24) is 20.4 Å². The van der Waals surface area contributed by atoms with Crippen LogP contribution in [0.3, 0.4) is 0 Å². The Morgan fingerprint density at radius 2 is 1.88 bits per heavy atom. The number of anilines is 1. The zero-order valence-corrected chi connectivity index (χ0v) is 19.2. The van der Waals surface area contributed by atoms with Crippen molar-refractivity contribution in [2.45, 2.75) is 61.7 Å². The molecule has 8 heteroatoms. The van der Waals surface area contributed by atoms with Gasteiger partial charge in [0.25, 0.3) is 0 Å². The van der Waals surface area contributed by atoms with E-state index in [0.717, 1.165) is 62.7 Å². The summed E-state index contributed by atoms with van der Waals surface area (Å²) in [6.45, 7) is 2.67. The highest BCUT2D eigenvalue weighted by Gasteiger charge is 2.50. The first kappa shape index (κ1) is 21.7. The molecule has 0 bridgehead atoms. The highest BCUT2D eigenvalue weighted by molar-refractivity contribution is 5.45. The molecule has 3 aliphatic rings. The lowest BCUT2D eigenvalue weighted by Crippen LogP contribution is -2.33. The molecule has 3 aromatic rings. The third-order valence-electron chi connectivity index (χ3n) is 7.74. The van der Waals surface area contributed by atoms with Gasteiger partial charge in [-0.1, -0.05) is 35.5 Å². The van der Waals surface area contributed by atoms with Crippen molar-refractivity contribution < 1.29 is 14.7 Å². The number of benzene rings is 1. The van der Waals surface area contributed by atoms with E-state index >= 15 is 0 Å². The monoisotopic (exact) mass is 461 g/mol. The lowest BCUT2D eigenvalue weighted by molar-refractivity contribution is -0.0458. The molecule has 0 radical (unpaired) electrons. The van der Waals surface area contributed by atoms with Gasteiger partial charge in [-0.2, -0.15) is 4.98 Å². The SMILES string of the molecule is OC(O)c1ccc(N2CCC(c3nc(C4(CN[C@H]5C[C@@H]5c5ccccc5)CC4)no3)CC2)cn1. The zero-order chi connectivity index (χ0) is 23.1. The summed E-state index contributed by atoms with van der Waals surface area (Å²) >= 11 is 0. The molecule has 34 heavy (non-hydrogen) atoms. The van der Waals surface area contributed by atoms with Gasteiger partial charge in [0.05, 0.1) is 17.6 Å². The van der Waals surface area contributed by atoms with Crippen LogP contribution in [0.2, 0.25) is 0 Å². The molecule has 1 aromatic carbocycles. The van der Waals surface area contributed by atoms with Crippen LogP contribution in [0.5, 0.6) is 0 Å². The average Bonchev–Trinajstić information content (AvgIpc) is 3.80. The molecule has 2 aromatic heterocycles. The minimum absolute atomic E-state index is 0.0387. The van der Waals surface area contributed by atoms with E-state index in [4.69, 9.17) is 9.51 Å². The second-order valence-corrected chi connectivity index (χ2v) is 10.1. The molecule has 2 aliphatic carbocycles. The molecule has 6 rings (SSSR count). The number of rotatable bonds is 8. The molecule has 8 nitrogen and oxygen atoms in total. The van der Waals surface area contributed by atoms with Crippen molar-refractivity contribution in [3.05, 3.63) is 71.6 Å². The number of pyridine rings is 1. The summed E-state index contributed by atoms with van der Waals surface area (Å²) in [6.07, 6.45) is 5.49. The molecule has 0 unspecified atom stereocenters. The molecule has 3 N–H and O–H groups in total. The van der Waals surface area contributed by atoms with Gasteiger partial charge >= 0.3 is 0 Å². The predicted octanol–water partition coefficient (Wildman–Crippen LogP) is 3.01. The minimum atomic E-state index is -1.54. The number of hydrogen-bond acceptors (Lipinski definition) is 8. The Hall–Kier alpha value is -2.81. The molecule has 1 saturated heterocycles. The maximum absolute atomic E-state index is 9.22. The first-order valence-electron chi connectivity index (χ1n) is 12.3. The van der Waals surface area contributed by atoms with Crippen molar-refractivity contribution >= 4 is 5.69 Å². The molecule has 2 saturated carbocycles. The molecular weight excluding hydrogens is 430 g/mol. The minimum Gasteiger partial charge on any atom is -0.370 e. The number of hydrogen-bond donors (Lipinski definition) is 3. The molecule has 178 valence electrons. The topological polar surface area (TPSA) is 108 Å². The van der Waals surface area contributed by atoms with Crippen LogP contribution in [-0.4, -0.2) is 51.0 Å². The van der Waals surface area contributed by atoms with Gasteiger partial charge in [0.2, 0.25) is 5.89 Å². The largest absolute Gasteiger partial charge is 0.370 e. The lowest BCUT2D eigenvalue weighted by Gasteiger charge is -2.32. The van der Waals surface area contributed by atoms with E-state index in [0.29, 0.717) is 12.0 Å². The van der Waals surface area contributed by atoms with Gasteiger partial charge in [0, 0.05) is 42.9 Å². The molecule has 3 fully saturated rings. The van der Waals surface area contributed by atoms with Crippen LogP contribution >= 0.6 is 0 Å². The first-order valence-corrected chi connectivity index (χ1v) is 12.3. The van der Waals surface area contributed by atoms with Crippen molar-refractivity contribution in [2.75, 3.05) is 24.5 Å². The van der Waals surface area contributed by atoms with Crippen LogP contribution in [0.4, 0.5) is 5.69 Å². The first-order chi connectivity index (χ1) is 16.6. The summed E-state index contributed by atoms with van der Waals surface area (Å²) in [6, 6.07) is 14.9. The van der Waals surface area contributed by atoms with E-state index in [1.165, 1.54) is 12.0 Å². The Morgan fingerprint density at radius 3 is 2.56 bits per heavy atom. The molecule has 1 aliphatic heterocycles. The summed E-state index contributed by atoms with van der Waals surface area (Å²) in [5, 5.41) is 26.6. The summed E-state index contributed by atoms with van der Waals surface area (Å²) < 4.78 is 5.75. The Kier molecular flexibility index (Phi) is 5.59. The van der Waals surface area contributed by atoms with Crippen LogP contribution < -0.4 is 10.2 Å². The fourth-order valence-corrected chi connectivity index (χ4v) is 5.18. The van der Waals surface area contributed by atoms with Gasteiger partial charge in [0.15, 0.2) is 12.1 Å². The Morgan fingerprint density at radius 1 is 1.09 bits per heavy atom. The number of nitrogens with zero attached hydrogens (tertiary/aromatic N) is 4. The fraction of sp³-hybridized carbons (Fsp3) is 0.500. The summed E-state index contributed by atoms with van der Waals surface area (Å²) in [7, 11) is 0. The summed E-state index contributed by atoms with van der Waals surface area (Å²) in [5.41, 5.74) is 2.72. The second kappa shape index (κ2) is 8.76. The van der Waals surface area contributed by atoms with E-state index in [1.807, 2.05) is 6.07 Å². The number of piperidine rings is 1. The summed E-state index contributed by atoms with van der Waals surface area (Å²) in [4.78, 5) is 11.3. The van der Waals surface area contributed by atoms with Crippen molar-refractivity contribution in [3.8, 4) is 0 Å². The van der Waals surface area contributed by atoms with Crippen molar-refractivity contribution in [3.63, 3.8) is 0 Å². The van der Waals surface area contributed by atoms with Crippen LogP contribution in [0.15, 0.2) is 53.2 Å². The molecular formula is C26H31N5O3. The van der Waals surface area contributed by atoms with E-state index in [2.05, 4.69) is 50.7 Å². The van der Waals surface area contributed by atoms with Gasteiger partial charge in [-0.05, 0) is 49.8 Å². The van der Waals surface area contributed by atoms with Crippen molar-refractivity contribution in [2.24, 2.45) is 0 Å². The second-order valence-electron chi connectivity index (χ2n) is 10.1. The molecule has 2 atom stereocenters. The van der Waals surface area contributed by atoms with E-state index in [1.54, 1.807) is 12.3 Å². The van der Waals surface area contributed by atoms with E-state index < -0.39 is 6.29 Å². The maximum atomic E-state index is 9.22. The van der Waals surface area contributed by atoms with Crippen LogP contribution in [0, 0.1) is 0 Å². The average molecular weight is 462 g/mol. The Labute approximate surface area is 199 Å². The normalized spacial score (nSPS) is 23.9. The molecule has 3 heterocycles. The van der Waals surface area contributed by atoms with Gasteiger partial charge in [-0.25, -0.2) is 0 Å². The fourth-order valence-electron chi connectivity index (χ4n) is 5.18. The zero-order valence-electron chi connectivity index (χ0n) is 19.2. The standard InChI is InChI=1S/C26H31N5O3/c32-24(33)21-7-6-19(15-27-21)31-12-8-18(9-13-31)23-29-25(30-34-23)26(10-11-26)16-28-22-14-20(22)17-4-2-1-3-5-17/h1-7,15,18,20,22,24,28,32-33H,8-14,16H2/t20-,22+/m1/s1. The van der Waals surface area contributed by atoms with Crippen LogP contribution in [0.1, 0.15) is 73.2 Å². The lowest BCUT2D eigenvalue weighted by atomic mass is 9.96. The third-order valence-corrected chi connectivity index (χ3v) is 7.74.